The van der Waals surface area contributed by atoms with Gasteiger partial charge < -0.3 is 10.1 Å². The lowest BCUT2D eigenvalue weighted by Crippen LogP contribution is -2.41. The van der Waals surface area contributed by atoms with E-state index in [9.17, 15) is 4.79 Å². The van der Waals surface area contributed by atoms with Gasteiger partial charge in [0.25, 0.3) is 5.91 Å². The molecule has 3 heteroatoms. The van der Waals surface area contributed by atoms with Crippen LogP contribution in [0.1, 0.15) is 27.2 Å². The van der Waals surface area contributed by atoms with Crippen molar-refractivity contribution in [1.29, 1.82) is 0 Å². The second-order valence-electron chi connectivity index (χ2n) is 5.06. The van der Waals surface area contributed by atoms with Crippen LogP contribution in [0.4, 0.5) is 0 Å². The summed E-state index contributed by atoms with van der Waals surface area (Å²) < 4.78 is 5.82. The lowest BCUT2D eigenvalue weighted by Gasteiger charge is -2.18. The predicted molar refractivity (Wildman–Crippen MR) is 81.9 cm³/mol. The van der Waals surface area contributed by atoms with Gasteiger partial charge in [-0.15, -0.1) is 0 Å². The number of fused-ring (bicyclic) bond motifs is 1. The van der Waals surface area contributed by atoms with Gasteiger partial charge in [-0.05, 0) is 31.7 Å². The molecule has 0 heterocycles. The first-order chi connectivity index (χ1) is 9.61. The van der Waals surface area contributed by atoms with Crippen molar-refractivity contribution in [2.24, 2.45) is 0 Å². The van der Waals surface area contributed by atoms with Crippen LogP contribution >= 0.6 is 0 Å². The van der Waals surface area contributed by atoms with E-state index < -0.39 is 6.10 Å². The molecule has 2 atom stereocenters. The van der Waals surface area contributed by atoms with Crippen LogP contribution in [-0.4, -0.2) is 18.1 Å². The Balaban J connectivity index is 2.14. The number of rotatable bonds is 5. The first-order valence-electron chi connectivity index (χ1n) is 7.06. The van der Waals surface area contributed by atoms with Gasteiger partial charge in [-0.3, -0.25) is 4.79 Å². The van der Waals surface area contributed by atoms with E-state index in [4.69, 9.17) is 4.74 Å². The maximum atomic E-state index is 12.0. The first-order valence-corrected chi connectivity index (χ1v) is 7.06. The monoisotopic (exact) mass is 271 g/mol. The summed E-state index contributed by atoms with van der Waals surface area (Å²) in [6.07, 6.45) is 0.405. The topological polar surface area (TPSA) is 38.3 Å². The molecule has 2 rings (SSSR count). The smallest absolute Gasteiger partial charge is 0.260 e. The average molecular weight is 271 g/mol. The van der Waals surface area contributed by atoms with E-state index in [-0.39, 0.29) is 11.9 Å². The summed E-state index contributed by atoms with van der Waals surface area (Å²) in [4.78, 5) is 12.0. The van der Waals surface area contributed by atoms with Crippen molar-refractivity contribution in [3.8, 4) is 5.75 Å². The molecule has 0 bridgehead atoms. The molecule has 20 heavy (non-hydrogen) atoms. The molecular formula is C17H21NO2. The molecule has 0 saturated heterocycles. The highest BCUT2D eigenvalue weighted by molar-refractivity contribution is 5.89. The Morgan fingerprint density at radius 1 is 1.15 bits per heavy atom. The van der Waals surface area contributed by atoms with Gasteiger partial charge in [-0.25, -0.2) is 0 Å². The van der Waals surface area contributed by atoms with Crippen molar-refractivity contribution in [3.63, 3.8) is 0 Å². The summed E-state index contributed by atoms with van der Waals surface area (Å²) in [7, 11) is 0. The van der Waals surface area contributed by atoms with Crippen molar-refractivity contribution in [2.45, 2.75) is 39.3 Å². The normalized spacial score (nSPS) is 13.8. The third-order valence-corrected chi connectivity index (χ3v) is 3.42. The molecule has 2 aromatic rings. The SMILES string of the molecule is CC[C@@H](C)NC(=O)[C@@H](C)Oc1cccc2ccccc12. The first kappa shape index (κ1) is 14.4. The molecule has 0 fully saturated rings. The van der Waals surface area contributed by atoms with E-state index >= 15 is 0 Å². The number of hydrogen-bond acceptors (Lipinski definition) is 2. The number of nitrogens with one attached hydrogen (secondary N) is 1. The predicted octanol–water partition coefficient (Wildman–Crippen LogP) is 3.52. The molecule has 0 spiro atoms. The zero-order valence-electron chi connectivity index (χ0n) is 12.2. The Labute approximate surface area is 119 Å². The maximum absolute atomic E-state index is 12.0. The van der Waals surface area contributed by atoms with Crippen molar-refractivity contribution in [3.05, 3.63) is 42.5 Å². The highest BCUT2D eigenvalue weighted by Crippen LogP contribution is 2.26. The number of carbonyl (C=O) groups is 1. The lowest BCUT2D eigenvalue weighted by atomic mass is 10.1. The molecule has 0 unspecified atom stereocenters. The minimum Gasteiger partial charge on any atom is -0.480 e. The molecule has 106 valence electrons. The number of amides is 1. The quantitative estimate of drug-likeness (QED) is 0.903. The van der Waals surface area contributed by atoms with Crippen LogP contribution < -0.4 is 10.1 Å². The van der Waals surface area contributed by atoms with Crippen molar-refractivity contribution in [1.82, 2.24) is 5.32 Å². The van der Waals surface area contributed by atoms with Gasteiger partial charge >= 0.3 is 0 Å². The number of hydrogen-bond donors (Lipinski definition) is 1. The highest BCUT2D eigenvalue weighted by atomic mass is 16.5. The van der Waals surface area contributed by atoms with E-state index in [1.54, 1.807) is 6.92 Å². The van der Waals surface area contributed by atoms with Crippen LogP contribution in [0.25, 0.3) is 10.8 Å². The Morgan fingerprint density at radius 3 is 2.60 bits per heavy atom. The van der Waals surface area contributed by atoms with Gasteiger partial charge in [0.2, 0.25) is 0 Å². The molecule has 3 nitrogen and oxygen atoms in total. The van der Waals surface area contributed by atoms with Gasteiger partial charge in [0, 0.05) is 11.4 Å². The summed E-state index contributed by atoms with van der Waals surface area (Å²) in [5.41, 5.74) is 0. The Bertz CT molecular complexity index is 589. The highest BCUT2D eigenvalue weighted by Gasteiger charge is 2.17. The molecule has 0 saturated carbocycles. The third-order valence-electron chi connectivity index (χ3n) is 3.42. The van der Waals surface area contributed by atoms with Crippen LogP contribution in [0.5, 0.6) is 5.75 Å². The Kier molecular flexibility index (Phi) is 4.61. The summed E-state index contributed by atoms with van der Waals surface area (Å²) in [6.45, 7) is 5.81. The Hall–Kier alpha value is -2.03. The molecule has 2 aromatic carbocycles. The second kappa shape index (κ2) is 6.42. The van der Waals surface area contributed by atoms with Gasteiger partial charge in [0.05, 0.1) is 0 Å². The molecule has 0 radical (unpaired) electrons. The standard InChI is InChI=1S/C17H21NO2/c1-4-12(2)18-17(19)13(3)20-16-11-7-9-14-8-5-6-10-15(14)16/h5-13H,4H2,1-3H3,(H,18,19)/t12-,13-/m1/s1. The molecule has 0 aliphatic rings. The molecule has 0 aromatic heterocycles. The molecule has 1 amide bonds. The van der Waals surface area contributed by atoms with E-state index in [0.29, 0.717) is 0 Å². The molecular weight excluding hydrogens is 250 g/mol. The van der Waals surface area contributed by atoms with Crippen LogP contribution in [0.2, 0.25) is 0 Å². The molecule has 0 aliphatic heterocycles. The summed E-state index contributed by atoms with van der Waals surface area (Å²) in [5.74, 6) is 0.669. The third kappa shape index (κ3) is 3.29. The fraction of sp³-hybridized carbons (Fsp3) is 0.353. The van der Waals surface area contributed by atoms with Crippen LogP contribution in [0, 0.1) is 0 Å². The summed E-state index contributed by atoms with van der Waals surface area (Å²) in [5, 5.41) is 5.07. The van der Waals surface area contributed by atoms with Crippen molar-refractivity contribution in [2.75, 3.05) is 0 Å². The second-order valence-corrected chi connectivity index (χ2v) is 5.06. The van der Waals surface area contributed by atoms with E-state index in [1.165, 1.54) is 0 Å². The van der Waals surface area contributed by atoms with E-state index in [0.717, 1.165) is 22.9 Å². The van der Waals surface area contributed by atoms with Gasteiger partial charge in [0.15, 0.2) is 6.10 Å². The fourth-order valence-electron chi connectivity index (χ4n) is 2.00. The van der Waals surface area contributed by atoms with Crippen molar-refractivity contribution >= 4 is 16.7 Å². The number of carbonyl (C=O) groups excluding carboxylic acids is 1. The largest absolute Gasteiger partial charge is 0.480 e. The maximum Gasteiger partial charge on any atom is 0.260 e. The fourth-order valence-corrected chi connectivity index (χ4v) is 2.00. The number of benzene rings is 2. The van der Waals surface area contributed by atoms with Crippen molar-refractivity contribution < 1.29 is 9.53 Å². The summed E-state index contributed by atoms with van der Waals surface area (Å²) >= 11 is 0. The van der Waals surface area contributed by atoms with Gasteiger partial charge in [-0.1, -0.05) is 43.3 Å². The number of ether oxygens (including phenoxy) is 1. The lowest BCUT2D eigenvalue weighted by molar-refractivity contribution is -0.127. The van der Waals surface area contributed by atoms with Crippen LogP contribution in [0.3, 0.4) is 0 Å². The summed E-state index contributed by atoms with van der Waals surface area (Å²) in [6, 6.07) is 14.0. The van der Waals surface area contributed by atoms with Crippen LogP contribution in [-0.2, 0) is 4.79 Å². The molecule has 0 aliphatic carbocycles. The Morgan fingerprint density at radius 2 is 1.85 bits per heavy atom. The van der Waals surface area contributed by atoms with E-state index in [2.05, 4.69) is 5.32 Å². The minimum absolute atomic E-state index is 0.0766. The average Bonchev–Trinajstić information content (AvgIpc) is 2.47. The van der Waals surface area contributed by atoms with Gasteiger partial charge in [-0.2, -0.15) is 0 Å². The molecule has 1 N–H and O–H groups in total. The zero-order valence-corrected chi connectivity index (χ0v) is 12.2. The van der Waals surface area contributed by atoms with Crippen LogP contribution in [0.15, 0.2) is 42.5 Å². The van der Waals surface area contributed by atoms with Gasteiger partial charge in [0.1, 0.15) is 5.75 Å². The zero-order chi connectivity index (χ0) is 14.5. The van der Waals surface area contributed by atoms with E-state index in [1.807, 2.05) is 56.3 Å². The minimum atomic E-state index is -0.505.